The first-order chi connectivity index (χ1) is 11.3. The minimum absolute atomic E-state index is 0.0314. The quantitative estimate of drug-likeness (QED) is 0.802. The van der Waals surface area contributed by atoms with Gasteiger partial charge in [-0.05, 0) is 42.7 Å². The Hall–Kier alpha value is -2.54. The molecular weight excluding hydrogens is 330 g/mol. The average molecular weight is 349 g/mol. The number of nitrogens with one attached hydrogen (secondary N) is 1. The first-order valence-electron chi connectivity index (χ1n) is 7.30. The van der Waals surface area contributed by atoms with E-state index in [0.717, 1.165) is 0 Å². The van der Waals surface area contributed by atoms with Crippen LogP contribution in [0.4, 0.5) is 5.69 Å². The van der Waals surface area contributed by atoms with Crippen LogP contribution in [-0.4, -0.2) is 26.6 Å². The molecule has 0 aliphatic heterocycles. The Bertz CT molecular complexity index is 846. The molecule has 2 rings (SSSR count). The van der Waals surface area contributed by atoms with E-state index in [1.54, 1.807) is 43.3 Å². The number of sulfonamides is 1. The third-order valence-corrected chi connectivity index (χ3v) is 5.04. The molecule has 2 aromatic carbocycles. The van der Waals surface area contributed by atoms with Gasteiger partial charge in [0.05, 0.1) is 17.7 Å². The number of carboxylic acid groups (broad SMARTS) is 1. The molecule has 7 heteroatoms. The predicted molar refractivity (Wildman–Crippen MR) is 90.9 cm³/mol. The molecule has 0 unspecified atom stereocenters. The van der Waals surface area contributed by atoms with Crippen molar-refractivity contribution < 1.29 is 23.1 Å². The predicted octanol–water partition coefficient (Wildman–Crippen LogP) is 2.82. The van der Waals surface area contributed by atoms with Gasteiger partial charge in [0.25, 0.3) is 10.0 Å². The summed E-state index contributed by atoms with van der Waals surface area (Å²) >= 11 is 0. The zero-order valence-corrected chi connectivity index (χ0v) is 14.3. The van der Waals surface area contributed by atoms with Crippen molar-refractivity contribution in [2.45, 2.75) is 24.7 Å². The standard InChI is InChI=1S/C17H19NO5S/c1-12-5-3-4-6-16(12)24(21,22)18-14-11-13(8-10-17(19)20)7-9-15(14)23-2/h3-7,9,11,18H,8,10H2,1-2H3,(H,19,20). The van der Waals surface area contributed by atoms with Crippen LogP contribution < -0.4 is 9.46 Å². The van der Waals surface area contributed by atoms with Gasteiger partial charge < -0.3 is 9.84 Å². The number of hydrogen-bond donors (Lipinski definition) is 2. The van der Waals surface area contributed by atoms with Crippen molar-refractivity contribution in [2.75, 3.05) is 11.8 Å². The lowest BCUT2D eigenvalue weighted by atomic mass is 10.1. The molecule has 0 aliphatic rings. The zero-order chi connectivity index (χ0) is 17.7. The van der Waals surface area contributed by atoms with Crippen LogP contribution in [0.1, 0.15) is 17.5 Å². The van der Waals surface area contributed by atoms with Gasteiger partial charge in [-0.25, -0.2) is 8.42 Å². The van der Waals surface area contributed by atoms with Crippen LogP contribution in [-0.2, 0) is 21.2 Å². The number of anilines is 1. The highest BCUT2D eigenvalue weighted by Crippen LogP contribution is 2.29. The van der Waals surface area contributed by atoms with E-state index in [2.05, 4.69) is 4.72 Å². The lowest BCUT2D eigenvalue weighted by Gasteiger charge is -2.14. The number of aryl methyl sites for hydroxylation is 2. The summed E-state index contributed by atoms with van der Waals surface area (Å²) in [5, 5.41) is 8.77. The number of carboxylic acids is 1. The largest absolute Gasteiger partial charge is 0.495 e. The maximum atomic E-state index is 12.6. The summed E-state index contributed by atoms with van der Waals surface area (Å²) in [5.74, 6) is -0.543. The number of hydrogen-bond acceptors (Lipinski definition) is 4. The third kappa shape index (κ3) is 4.26. The van der Waals surface area contributed by atoms with E-state index < -0.39 is 16.0 Å². The molecule has 0 fully saturated rings. The number of aliphatic carboxylic acids is 1. The number of carbonyl (C=O) groups is 1. The van der Waals surface area contributed by atoms with Crippen LogP contribution in [0.25, 0.3) is 0 Å². The van der Waals surface area contributed by atoms with Crippen LogP contribution in [0, 0.1) is 6.92 Å². The molecule has 128 valence electrons. The van der Waals surface area contributed by atoms with Gasteiger partial charge in [-0.15, -0.1) is 0 Å². The molecule has 0 aliphatic carbocycles. The molecule has 0 aromatic heterocycles. The summed E-state index contributed by atoms with van der Waals surface area (Å²) in [6.45, 7) is 1.72. The summed E-state index contributed by atoms with van der Waals surface area (Å²) in [5.41, 5.74) is 1.62. The van der Waals surface area contributed by atoms with Gasteiger partial charge in [0, 0.05) is 6.42 Å². The van der Waals surface area contributed by atoms with E-state index in [9.17, 15) is 13.2 Å². The fraction of sp³-hybridized carbons (Fsp3) is 0.235. The van der Waals surface area contributed by atoms with Gasteiger partial charge in [0.15, 0.2) is 0 Å². The smallest absolute Gasteiger partial charge is 0.303 e. The highest BCUT2D eigenvalue weighted by atomic mass is 32.2. The van der Waals surface area contributed by atoms with E-state index in [0.29, 0.717) is 23.3 Å². The van der Waals surface area contributed by atoms with Crippen molar-refractivity contribution in [1.29, 1.82) is 0 Å². The van der Waals surface area contributed by atoms with Crippen LogP contribution in [0.3, 0.4) is 0 Å². The minimum atomic E-state index is -3.77. The fourth-order valence-electron chi connectivity index (χ4n) is 2.30. The molecule has 6 nitrogen and oxygen atoms in total. The maximum Gasteiger partial charge on any atom is 0.303 e. The summed E-state index contributed by atoms with van der Waals surface area (Å²) < 4.78 is 32.9. The molecule has 0 heterocycles. The lowest BCUT2D eigenvalue weighted by molar-refractivity contribution is -0.136. The van der Waals surface area contributed by atoms with Crippen LogP contribution in [0.2, 0.25) is 0 Å². The Kier molecular flexibility index (Phi) is 5.46. The van der Waals surface area contributed by atoms with Crippen LogP contribution >= 0.6 is 0 Å². The molecule has 0 atom stereocenters. The molecule has 0 saturated heterocycles. The van der Waals surface area contributed by atoms with Crippen molar-refractivity contribution in [1.82, 2.24) is 0 Å². The summed E-state index contributed by atoms with van der Waals surface area (Å²) in [4.78, 5) is 10.9. The summed E-state index contributed by atoms with van der Waals surface area (Å²) in [7, 11) is -2.33. The summed E-state index contributed by atoms with van der Waals surface area (Å²) in [6.07, 6.45) is 0.273. The Balaban J connectivity index is 2.35. The van der Waals surface area contributed by atoms with Gasteiger partial charge in [0.1, 0.15) is 5.75 Å². The highest BCUT2D eigenvalue weighted by molar-refractivity contribution is 7.92. The van der Waals surface area contributed by atoms with E-state index in [-0.39, 0.29) is 17.0 Å². The second kappa shape index (κ2) is 7.35. The summed E-state index contributed by atoms with van der Waals surface area (Å²) in [6, 6.07) is 11.6. The number of rotatable bonds is 7. The normalized spacial score (nSPS) is 11.1. The molecule has 0 saturated carbocycles. The monoisotopic (exact) mass is 349 g/mol. The SMILES string of the molecule is COc1ccc(CCC(=O)O)cc1NS(=O)(=O)c1ccccc1C. The van der Waals surface area contributed by atoms with Gasteiger partial charge in [-0.2, -0.15) is 0 Å². The molecule has 0 bridgehead atoms. The van der Waals surface area contributed by atoms with E-state index >= 15 is 0 Å². The lowest BCUT2D eigenvalue weighted by Crippen LogP contribution is -2.15. The molecule has 0 spiro atoms. The van der Waals surface area contributed by atoms with Gasteiger partial charge in [-0.3, -0.25) is 9.52 Å². The first-order valence-corrected chi connectivity index (χ1v) is 8.79. The van der Waals surface area contributed by atoms with Crippen LogP contribution in [0.5, 0.6) is 5.75 Å². The van der Waals surface area contributed by atoms with Crippen molar-refractivity contribution >= 4 is 21.7 Å². The van der Waals surface area contributed by atoms with Gasteiger partial charge in [0.2, 0.25) is 0 Å². The van der Waals surface area contributed by atoms with Gasteiger partial charge in [-0.1, -0.05) is 24.3 Å². The maximum absolute atomic E-state index is 12.6. The van der Waals surface area contributed by atoms with E-state index in [1.807, 2.05) is 0 Å². The second-order valence-electron chi connectivity index (χ2n) is 5.30. The minimum Gasteiger partial charge on any atom is -0.495 e. The fourth-order valence-corrected chi connectivity index (χ4v) is 3.61. The first kappa shape index (κ1) is 17.8. The van der Waals surface area contributed by atoms with Crippen molar-refractivity contribution in [3.8, 4) is 5.75 Å². The Morgan fingerprint density at radius 3 is 2.54 bits per heavy atom. The Morgan fingerprint density at radius 2 is 1.92 bits per heavy atom. The number of methoxy groups -OCH3 is 1. The third-order valence-electron chi connectivity index (χ3n) is 3.52. The average Bonchev–Trinajstić information content (AvgIpc) is 2.53. The Labute approximate surface area is 141 Å². The molecule has 2 aromatic rings. The number of ether oxygens (including phenoxy) is 1. The van der Waals surface area contributed by atoms with Crippen molar-refractivity contribution in [3.05, 3.63) is 53.6 Å². The molecule has 2 N–H and O–H groups in total. The number of benzene rings is 2. The molecule has 0 radical (unpaired) electrons. The Morgan fingerprint density at radius 1 is 1.21 bits per heavy atom. The molecule has 24 heavy (non-hydrogen) atoms. The van der Waals surface area contributed by atoms with Gasteiger partial charge >= 0.3 is 5.97 Å². The van der Waals surface area contributed by atoms with E-state index in [4.69, 9.17) is 9.84 Å². The zero-order valence-electron chi connectivity index (χ0n) is 13.4. The van der Waals surface area contributed by atoms with Crippen molar-refractivity contribution in [3.63, 3.8) is 0 Å². The van der Waals surface area contributed by atoms with Crippen LogP contribution in [0.15, 0.2) is 47.4 Å². The molecular formula is C17H19NO5S. The highest BCUT2D eigenvalue weighted by Gasteiger charge is 2.18. The van der Waals surface area contributed by atoms with Crippen molar-refractivity contribution in [2.24, 2.45) is 0 Å². The van der Waals surface area contributed by atoms with E-state index in [1.165, 1.54) is 13.2 Å². The topological polar surface area (TPSA) is 92.7 Å². The second-order valence-corrected chi connectivity index (χ2v) is 6.95. The molecule has 0 amide bonds.